The molecule has 0 radical (unpaired) electrons. The maximum absolute atomic E-state index is 10.2. The molecule has 1 nitrogen and oxygen atoms in total. The molecule has 0 aromatic carbocycles. The van der Waals surface area contributed by atoms with Crippen molar-refractivity contribution in [3.05, 3.63) is 0 Å². The standard InChI is InChI=1S/F2H2NP/c1-4(2)3/h3H2/p+1. The lowest BCUT2D eigenvalue weighted by atomic mass is 13.9. The predicted molar refractivity (Wildman–Crippen MR) is 14.7 cm³/mol. The van der Waals surface area contributed by atoms with Crippen LogP contribution < -0.4 is 5.50 Å². The molecule has 0 aromatic heterocycles. The molecular weight excluding hydrogens is 83.0 g/mol. The van der Waals surface area contributed by atoms with Crippen LogP contribution in [0.1, 0.15) is 0 Å². The van der Waals surface area contributed by atoms with Crippen LogP contribution in [0.5, 0.6) is 0 Å². The highest BCUT2D eigenvalue weighted by Gasteiger charge is 1.95. The molecule has 0 heterocycles. The van der Waals surface area contributed by atoms with E-state index in [2.05, 4.69) is 5.50 Å². The van der Waals surface area contributed by atoms with Crippen LogP contribution in [-0.4, -0.2) is 0 Å². The largest absolute Gasteiger partial charge is 0.445 e. The Hall–Kier alpha value is 0.250. The highest BCUT2D eigenvalue weighted by molar-refractivity contribution is 7.43. The zero-order valence-electron chi connectivity index (χ0n) is 1.83. The summed E-state index contributed by atoms with van der Waals surface area (Å²) in [7, 11) is -3.38. The Bertz CT molecular complexity index is 10.8. The first-order valence-corrected chi connectivity index (χ1v) is 2.00. The van der Waals surface area contributed by atoms with Gasteiger partial charge in [0.2, 0.25) is 0 Å². The van der Waals surface area contributed by atoms with Gasteiger partial charge in [-0.05, 0) is 8.39 Å². The van der Waals surface area contributed by atoms with Crippen LogP contribution in [0.2, 0.25) is 0 Å². The van der Waals surface area contributed by atoms with E-state index < -0.39 is 8.69 Å². The molecule has 0 amide bonds. The second kappa shape index (κ2) is 1.56. The van der Waals surface area contributed by atoms with E-state index in [0.717, 1.165) is 0 Å². The second-order valence-corrected chi connectivity index (χ2v) is 0.869. The summed E-state index contributed by atoms with van der Waals surface area (Å²) in [6, 6.07) is 0. The van der Waals surface area contributed by atoms with Gasteiger partial charge in [0.25, 0.3) is 0 Å². The Kier molecular flexibility index (Phi) is 1.66. The molecule has 4 heavy (non-hydrogen) atoms. The van der Waals surface area contributed by atoms with Gasteiger partial charge in [-0.1, -0.05) is 0 Å². The molecule has 4 heteroatoms. The van der Waals surface area contributed by atoms with Gasteiger partial charge in [-0.3, -0.25) is 0 Å². The average Bonchev–Trinajstić information content (AvgIpc) is 0.811. The van der Waals surface area contributed by atoms with Crippen molar-refractivity contribution < 1.29 is 8.39 Å². The van der Waals surface area contributed by atoms with Crippen molar-refractivity contribution >= 4 is 8.69 Å². The van der Waals surface area contributed by atoms with Crippen molar-refractivity contribution in [2.24, 2.45) is 5.50 Å². The van der Waals surface area contributed by atoms with Crippen LogP contribution in [0.3, 0.4) is 0 Å². The summed E-state index contributed by atoms with van der Waals surface area (Å²) in [5, 5.41) is 0. The van der Waals surface area contributed by atoms with Crippen LogP contribution in [0.25, 0.3) is 0 Å². The SMILES string of the molecule is N[PH+](F)F. The minimum absolute atomic E-state index is 3.38. The third-order valence-electron chi connectivity index (χ3n) is 0. The Labute approximate surface area is 23.8 Å². The van der Waals surface area contributed by atoms with E-state index in [1.54, 1.807) is 0 Å². The molecule has 26 valence electrons. The summed E-state index contributed by atoms with van der Waals surface area (Å²) < 4.78 is 20.4. The smallest absolute Gasteiger partial charge is 0.147 e. The molecule has 0 spiro atoms. The third-order valence-corrected chi connectivity index (χ3v) is 0. The van der Waals surface area contributed by atoms with Gasteiger partial charge in [-0.15, -0.1) is 5.50 Å². The molecule has 0 aliphatic heterocycles. The van der Waals surface area contributed by atoms with E-state index in [4.69, 9.17) is 0 Å². The number of hydrogen-bond donors (Lipinski definition) is 1. The molecule has 2 N–H and O–H groups in total. The first kappa shape index (κ1) is 4.25. The van der Waals surface area contributed by atoms with Gasteiger partial charge in [0.1, 0.15) is 0 Å². The van der Waals surface area contributed by atoms with Crippen molar-refractivity contribution in [1.29, 1.82) is 0 Å². The zero-order chi connectivity index (χ0) is 3.58. The molecule has 0 bridgehead atoms. The number of halogens is 2. The quantitative estimate of drug-likeness (QED) is 0.434. The summed E-state index contributed by atoms with van der Waals surface area (Å²) in [5.41, 5.74) is 3.88. The Morgan fingerprint density at radius 1 is 1.50 bits per heavy atom. The van der Waals surface area contributed by atoms with Crippen LogP contribution in [-0.2, 0) is 0 Å². The monoisotopic (exact) mass is 86.0 g/mol. The van der Waals surface area contributed by atoms with E-state index in [9.17, 15) is 8.39 Å². The van der Waals surface area contributed by atoms with Crippen molar-refractivity contribution in [1.82, 2.24) is 0 Å². The van der Waals surface area contributed by atoms with E-state index in [0.29, 0.717) is 0 Å². The van der Waals surface area contributed by atoms with Gasteiger partial charge in [0, 0.05) is 0 Å². The van der Waals surface area contributed by atoms with E-state index in [-0.39, 0.29) is 0 Å². The zero-order valence-corrected chi connectivity index (χ0v) is 2.83. The van der Waals surface area contributed by atoms with Crippen molar-refractivity contribution in [3.8, 4) is 0 Å². The Morgan fingerprint density at radius 3 is 1.50 bits per heavy atom. The van der Waals surface area contributed by atoms with E-state index in [1.165, 1.54) is 0 Å². The number of hydrogen-bond acceptors (Lipinski definition) is 1. The topological polar surface area (TPSA) is 26.0 Å². The summed E-state index contributed by atoms with van der Waals surface area (Å²) in [4.78, 5) is 0. The number of nitrogens with two attached hydrogens (primary N) is 1. The molecule has 0 atom stereocenters. The molecule has 0 unspecified atom stereocenters. The summed E-state index contributed by atoms with van der Waals surface area (Å²) >= 11 is 0. The van der Waals surface area contributed by atoms with Gasteiger partial charge < -0.3 is 0 Å². The minimum Gasteiger partial charge on any atom is -0.147 e. The van der Waals surface area contributed by atoms with E-state index >= 15 is 0 Å². The lowest BCUT2D eigenvalue weighted by molar-refractivity contribution is 0.747. The lowest BCUT2D eigenvalue weighted by Crippen LogP contribution is -1.66. The molecular formula is H3F2NP+. The summed E-state index contributed by atoms with van der Waals surface area (Å²) in [6.07, 6.45) is 0. The molecule has 0 saturated heterocycles. The highest BCUT2D eigenvalue weighted by Crippen LogP contribution is 2.26. The van der Waals surface area contributed by atoms with Gasteiger partial charge >= 0.3 is 8.69 Å². The van der Waals surface area contributed by atoms with Crippen LogP contribution in [0, 0.1) is 0 Å². The first-order chi connectivity index (χ1) is 1.73. The fourth-order valence-corrected chi connectivity index (χ4v) is 0. The van der Waals surface area contributed by atoms with Crippen molar-refractivity contribution in [3.63, 3.8) is 0 Å². The van der Waals surface area contributed by atoms with Gasteiger partial charge in [-0.25, -0.2) is 0 Å². The fraction of sp³-hybridized carbons (Fsp3) is 0. The van der Waals surface area contributed by atoms with E-state index in [1.807, 2.05) is 0 Å². The number of rotatable bonds is 0. The molecule has 0 rings (SSSR count). The summed E-state index contributed by atoms with van der Waals surface area (Å²) in [5.74, 6) is 0. The molecule has 0 saturated carbocycles. The average molecular weight is 86.0 g/mol. The molecule has 0 fully saturated rings. The fourth-order valence-electron chi connectivity index (χ4n) is 0. The Balaban J connectivity index is 2.32. The first-order valence-electron chi connectivity index (χ1n) is 0.667. The molecule has 0 aromatic rings. The van der Waals surface area contributed by atoms with Crippen molar-refractivity contribution in [2.75, 3.05) is 0 Å². The van der Waals surface area contributed by atoms with Gasteiger partial charge in [0.15, 0.2) is 0 Å². The normalized spacial score (nSPS) is 9.00. The van der Waals surface area contributed by atoms with Gasteiger partial charge in [0.05, 0.1) is 0 Å². The second-order valence-electron chi connectivity index (χ2n) is 0.290. The third kappa shape index (κ3) is 56.2. The van der Waals surface area contributed by atoms with Crippen LogP contribution >= 0.6 is 8.69 Å². The van der Waals surface area contributed by atoms with Gasteiger partial charge in [-0.2, -0.15) is 0 Å². The highest BCUT2D eigenvalue weighted by atomic mass is 31.2. The maximum atomic E-state index is 10.2. The molecule has 0 aliphatic carbocycles. The minimum atomic E-state index is -3.38. The lowest BCUT2D eigenvalue weighted by Gasteiger charge is -1.55. The summed E-state index contributed by atoms with van der Waals surface area (Å²) in [6.45, 7) is 0. The van der Waals surface area contributed by atoms with Crippen molar-refractivity contribution in [2.45, 2.75) is 0 Å². The predicted octanol–water partition coefficient (Wildman–Crippen LogP) is 0.843. The van der Waals surface area contributed by atoms with Crippen LogP contribution in [0.4, 0.5) is 8.39 Å². The molecule has 0 aliphatic rings. The maximum Gasteiger partial charge on any atom is 0.445 e. The Morgan fingerprint density at radius 2 is 1.50 bits per heavy atom. The van der Waals surface area contributed by atoms with Crippen LogP contribution in [0.15, 0.2) is 0 Å².